The normalized spacial score (nSPS) is 11.8. The Bertz CT molecular complexity index is 1280. The van der Waals surface area contributed by atoms with Crippen molar-refractivity contribution in [3.63, 3.8) is 0 Å². The first-order chi connectivity index (χ1) is 16.0. The summed E-state index contributed by atoms with van der Waals surface area (Å²) in [5, 5.41) is 3.94. The van der Waals surface area contributed by atoms with Crippen LogP contribution in [0.1, 0.15) is 6.92 Å². The summed E-state index contributed by atoms with van der Waals surface area (Å²) in [6.07, 6.45) is -0.572. The fourth-order valence-corrected chi connectivity index (χ4v) is 3.57. The molecular weight excluding hydrogens is 416 g/mol. The van der Waals surface area contributed by atoms with Crippen molar-refractivity contribution in [2.45, 2.75) is 13.0 Å². The highest BCUT2D eigenvalue weighted by Gasteiger charge is 2.18. The number of esters is 1. The highest BCUT2D eigenvalue weighted by molar-refractivity contribution is 6.05. The van der Waals surface area contributed by atoms with Crippen molar-refractivity contribution in [3.05, 3.63) is 91.0 Å². The quantitative estimate of drug-likeness (QED) is 0.173. The second kappa shape index (κ2) is 10.2. The van der Waals surface area contributed by atoms with Crippen LogP contribution in [0.3, 0.4) is 0 Å². The van der Waals surface area contributed by atoms with Crippen molar-refractivity contribution in [1.29, 1.82) is 0 Å². The lowest BCUT2D eigenvalue weighted by Crippen LogP contribution is -2.29. The molecule has 4 rings (SSSR count). The van der Waals surface area contributed by atoms with Crippen LogP contribution in [0.25, 0.3) is 21.5 Å². The van der Waals surface area contributed by atoms with Crippen LogP contribution in [0.5, 0.6) is 17.2 Å². The van der Waals surface area contributed by atoms with E-state index in [4.69, 9.17) is 18.9 Å². The van der Waals surface area contributed by atoms with E-state index in [2.05, 4.69) is 12.6 Å². The minimum atomic E-state index is -0.572. The van der Waals surface area contributed by atoms with Crippen LogP contribution in [0.4, 0.5) is 0 Å². The lowest BCUT2D eigenvalue weighted by atomic mass is 10.0. The van der Waals surface area contributed by atoms with Crippen molar-refractivity contribution >= 4 is 27.5 Å². The summed E-state index contributed by atoms with van der Waals surface area (Å²) in [6.45, 7) is 5.60. The molecule has 0 bridgehead atoms. The van der Waals surface area contributed by atoms with Crippen LogP contribution >= 0.6 is 0 Å². The average Bonchev–Trinajstić information content (AvgIpc) is 2.82. The number of benzene rings is 4. The number of carbonyl (C=O) groups is 1. The number of rotatable bonds is 9. The van der Waals surface area contributed by atoms with Gasteiger partial charge >= 0.3 is 5.97 Å². The summed E-state index contributed by atoms with van der Waals surface area (Å²) in [4.78, 5) is 12.0. The highest BCUT2D eigenvalue weighted by Crippen LogP contribution is 2.37. The van der Waals surface area contributed by atoms with E-state index in [1.807, 2.05) is 72.8 Å². The highest BCUT2D eigenvalue weighted by atomic mass is 16.6. The molecule has 5 heteroatoms. The molecule has 0 saturated carbocycles. The van der Waals surface area contributed by atoms with E-state index in [0.717, 1.165) is 27.3 Å². The van der Waals surface area contributed by atoms with Gasteiger partial charge in [0.25, 0.3) is 0 Å². The van der Waals surface area contributed by atoms with Gasteiger partial charge in [-0.05, 0) is 48.0 Å². The van der Waals surface area contributed by atoms with Crippen molar-refractivity contribution < 1.29 is 23.7 Å². The predicted octanol–water partition coefficient (Wildman–Crippen LogP) is 6.30. The summed E-state index contributed by atoms with van der Waals surface area (Å²) in [7, 11) is 1.56. The molecule has 0 heterocycles. The number of hydrogen-bond acceptors (Lipinski definition) is 5. The predicted molar refractivity (Wildman–Crippen MR) is 130 cm³/mol. The molecule has 4 aromatic carbocycles. The van der Waals surface area contributed by atoms with Crippen LogP contribution in [-0.2, 0) is 14.3 Å². The van der Waals surface area contributed by atoms with Gasteiger partial charge in [-0.15, -0.1) is 0 Å². The van der Waals surface area contributed by atoms with Gasteiger partial charge in [-0.3, -0.25) is 0 Å². The molecule has 0 N–H and O–H groups in total. The standard InChI is InChI=1S/C28H26O5/c1-19(2)28(29)33-24(17-30-3)18-31-27-25-12-8-7-9-20(25)15-21-13-14-23(16-26(21)27)32-22-10-5-4-6-11-22/h4-16,24H,1,17-18H2,2-3H3. The molecule has 1 unspecified atom stereocenters. The van der Waals surface area contributed by atoms with Gasteiger partial charge < -0.3 is 18.9 Å². The van der Waals surface area contributed by atoms with Crippen LogP contribution < -0.4 is 9.47 Å². The first kappa shape index (κ1) is 22.4. The Kier molecular flexibility index (Phi) is 6.91. The molecule has 0 amide bonds. The van der Waals surface area contributed by atoms with Crippen molar-refractivity contribution in [2.24, 2.45) is 0 Å². The monoisotopic (exact) mass is 442 g/mol. The molecule has 0 aliphatic carbocycles. The van der Waals surface area contributed by atoms with Crippen molar-refractivity contribution in [2.75, 3.05) is 20.3 Å². The molecular formula is C28H26O5. The Morgan fingerprint density at radius 1 is 0.848 bits per heavy atom. The van der Waals surface area contributed by atoms with Gasteiger partial charge in [0.05, 0.1) is 6.61 Å². The summed E-state index contributed by atoms with van der Waals surface area (Å²) in [5.41, 5.74) is 0.328. The van der Waals surface area contributed by atoms with E-state index >= 15 is 0 Å². The van der Waals surface area contributed by atoms with E-state index in [1.165, 1.54) is 0 Å². The van der Waals surface area contributed by atoms with Gasteiger partial charge in [0.1, 0.15) is 23.9 Å². The van der Waals surface area contributed by atoms with Crippen molar-refractivity contribution in [1.82, 2.24) is 0 Å². The Balaban J connectivity index is 1.70. The van der Waals surface area contributed by atoms with Crippen LogP contribution in [0.15, 0.2) is 91.0 Å². The Morgan fingerprint density at radius 2 is 1.58 bits per heavy atom. The molecule has 0 aliphatic rings. The minimum absolute atomic E-state index is 0.139. The lowest BCUT2D eigenvalue weighted by Gasteiger charge is -2.20. The number of methoxy groups -OCH3 is 1. The van der Waals surface area contributed by atoms with Gasteiger partial charge in [-0.2, -0.15) is 0 Å². The van der Waals surface area contributed by atoms with Gasteiger partial charge in [0.15, 0.2) is 6.10 Å². The molecule has 0 aliphatic heterocycles. The zero-order valence-corrected chi connectivity index (χ0v) is 18.7. The first-order valence-electron chi connectivity index (χ1n) is 10.7. The number of ether oxygens (including phenoxy) is 4. The maximum absolute atomic E-state index is 12.0. The molecule has 0 saturated heterocycles. The van der Waals surface area contributed by atoms with Gasteiger partial charge in [-0.1, -0.05) is 55.1 Å². The molecule has 0 aromatic heterocycles. The third-order valence-electron chi connectivity index (χ3n) is 5.15. The van der Waals surface area contributed by atoms with E-state index in [1.54, 1.807) is 14.0 Å². The van der Waals surface area contributed by atoms with Crippen molar-refractivity contribution in [3.8, 4) is 17.2 Å². The molecule has 0 radical (unpaired) electrons. The lowest BCUT2D eigenvalue weighted by molar-refractivity contribution is -0.148. The smallest absolute Gasteiger partial charge is 0.333 e. The number of para-hydroxylation sites is 1. The van der Waals surface area contributed by atoms with Crippen LogP contribution in [0, 0.1) is 0 Å². The topological polar surface area (TPSA) is 54.0 Å². The van der Waals surface area contributed by atoms with Crippen LogP contribution in [0.2, 0.25) is 0 Å². The molecule has 4 aromatic rings. The SMILES string of the molecule is C=C(C)C(=O)OC(COC)COc1c2ccccc2cc2ccc(Oc3ccccc3)cc12. The molecule has 1 atom stereocenters. The fraction of sp³-hybridized carbons (Fsp3) is 0.179. The van der Waals surface area contributed by atoms with E-state index < -0.39 is 12.1 Å². The maximum atomic E-state index is 12.0. The summed E-state index contributed by atoms with van der Waals surface area (Å²) < 4.78 is 23.0. The van der Waals surface area contributed by atoms with E-state index in [9.17, 15) is 4.79 Å². The second-order valence-electron chi connectivity index (χ2n) is 7.80. The fourth-order valence-electron chi connectivity index (χ4n) is 3.57. The Morgan fingerprint density at radius 3 is 2.33 bits per heavy atom. The summed E-state index contributed by atoms with van der Waals surface area (Å²) >= 11 is 0. The largest absolute Gasteiger partial charge is 0.488 e. The molecule has 168 valence electrons. The van der Waals surface area contributed by atoms with Crippen LogP contribution in [-0.4, -0.2) is 32.4 Å². The van der Waals surface area contributed by atoms with E-state index in [0.29, 0.717) is 17.1 Å². The maximum Gasteiger partial charge on any atom is 0.333 e. The minimum Gasteiger partial charge on any atom is -0.488 e. The van der Waals surface area contributed by atoms with Gasteiger partial charge in [0.2, 0.25) is 0 Å². The summed E-state index contributed by atoms with van der Waals surface area (Å²) in [6, 6.07) is 25.7. The van der Waals surface area contributed by atoms with Gasteiger partial charge in [0, 0.05) is 23.5 Å². The molecule has 0 fully saturated rings. The zero-order chi connectivity index (χ0) is 23.2. The third kappa shape index (κ3) is 5.33. The average molecular weight is 443 g/mol. The number of fused-ring (bicyclic) bond motifs is 2. The van der Waals surface area contributed by atoms with Gasteiger partial charge in [-0.25, -0.2) is 4.79 Å². The third-order valence-corrected chi connectivity index (χ3v) is 5.15. The second-order valence-corrected chi connectivity index (χ2v) is 7.80. The number of hydrogen-bond donors (Lipinski definition) is 0. The summed E-state index contributed by atoms with van der Waals surface area (Å²) in [5.74, 6) is 1.69. The molecule has 0 spiro atoms. The molecule has 33 heavy (non-hydrogen) atoms. The number of carbonyl (C=O) groups excluding carboxylic acids is 1. The Labute approximate surface area is 193 Å². The Hall–Kier alpha value is -3.83. The molecule has 5 nitrogen and oxygen atoms in total. The van der Waals surface area contributed by atoms with E-state index in [-0.39, 0.29) is 13.2 Å². The zero-order valence-electron chi connectivity index (χ0n) is 18.7. The first-order valence-corrected chi connectivity index (χ1v) is 10.7.